The fourth-order valence-electron chi connectivity index (χ4n) is 1.39. The molecule has 0 fully saturated rings. The Morgan fingerprint density at radius 1 is 1.39 bits per heavy atom. The number of rotatable bonds is 2. The SMILES string of the molecule is Cc1ccc(NC(=O)c2cc(O)[nH]c(=O)c2)nc1. The zero-order chi connectivity index (χ0) is 13.1. The normalized spacial score (nSPS) is 10.1. The molecule has 0 saturated carbocycles. The van der Waals surface area contributed by atoms with Gasteiger partial charge < -0.3 is 10.4 Å². The highest BCUT2D eigenvalue weighted by atomic mass is 16.3. The first-order valence-corrected chi connectivity index (χ1v) is 5.22. The van der Waals surface area contributed by atoms with Gasteiger partial charge in [-0.25, -0.2) is 4.98 Å². The molecule has 2 heterocycles. The lowest BCUT2D eigenvalue weighted by molar-refractivity contribution is 0.102. The van der Waals surface area contributed by atoms with Gasteiger partial charge in [-0.15, -0.1) is 0 Å². The standard InChI is InChI=1S/C12H11N3O3/c1-7-2-3-9(13-6-7)14-12(18)8-4-10(16)15-11(17)5-8/h2-6H,1H3,(H,13,14,18)(H2,15,16,17). The lowest BCUT2D eigenvalue weighted by atomic mass is 10.2. The highest BCUT2D eigenvalue weighted by Gasteiger charge is 2.08. The van der Waals surface area contributed by atoms with E-state index in [4.69, 9.17) is 0 Å². The van der Waals surface area contributed by atoms with Crippen molar-refractivity contribution < 1.29 is 9.90 Å². The van der Waals surface area contributed by atoms with Gasteiger partial charge >= 0.3 is 0 Å². The van der Waals surface area contributed by atoms with Crippen molar-refractivity contribution in [3.63, 3.8) is 0 Å². The fourth-order valence-corrected chi connectivity index (χ4v) is 1.39. The number of hydrogen-bond donors (Lipinski definition) is 3. The van der Waals surface area contributed by atoms with Crippen molar-refractivity contribution in [3.8, 4) is 5.88 Å². The minimum Gasteiger partial charge on any atom is -0.494 e. The topological polar surface area (TPSA) is 95.1 Å². The Balaban J connectivity index is 2.21. The molecule has 0 aliphatic rings. The summed E-state index contributed by atoms with van der Waals surface area (Å²) < 4.78 is 0. The molecule has 0 spiro atoms. The van der Waals surface area contributed by atoms with Crippen molar-refractivity contribution >= 4 is 11.7 Å². The predicted molar refractivity (Wildman–Crippen MR) is 65.7 cm³/mol. The highest BCUT2D eigenvalue weighted by Crippen LogP contribution is 2.08. The van der Waals surface area contributed by atoms with Crippen molar-refractivity contribution in [1.82, 2.24) is 9.97 Å². The quantitative estimate of drug-likeness (QED) is 0.736. The number of anilines is 1. The van der Waals surface area contributed by atoms with E-state index in [0.717, 1.165) is 11.6 Å². The molecule has 0 bridgehead atoms. The van der Waals surface area contributed by atoms with E-state index in [1.165, 1.54) is 6.07 Å². The summed E-state index contributed by atoms with van der Waals surface area (Å²) in [6, 6.07) is 5.73. The maximum absolute atomic E-state index is 11.8. The summed E-state index contributed by atoms with van der Waals surface area (Å²) in [5.74, 6) is -0.484. The number of aryl methyl sites for hydroxylation is 1. The number of pyridine rings is 2. The van der Waals surface area contributed by atoms with Gasteiger partial charge in [-0.2, -0.15) is 0 Å². The summed E-state index contributed by atoms with van der Waals surface area (Å²) in [4.78, 5) is 29.0. The van der Waals surface area contributed by atoms with E-state index in [0.29, 0.717) is 5.82 Å². The minimum absolute atomic E-state index is 0.0682. The van der Waals surface area contributed by atoms with Gasteiger partial charge in [0.15, 0.2) is 5.88 Å². The van der Waals surface area contributed by atoms with Crippen LogP contribution in [0.1, 0.15) is 15.9 Å². The van der Waals surface area contributed by atoms with Gasteiger partial charge in [-0.3, -0.25) is 14.6 Å². The van der Waals surface area contributed by atoms with E-state index >= 15 is 0 Å². The van der Waals surface area contributed by atoms with Crippen LogP contribution in [0.5, 0.6) is 5.88 Å². The van der Waals surface area contributed by atoms with E-state index < -0.39 is 11.5 Å². The number of nitrogens with zero attached hydrogens (tertiary/aromatic N) is 1. The molecule has 6 heteroatoms. The van der Waals surface area contributed by atoms with Crippen molar-refractivity contribution in [2.75, 3.05) is 5.32 Å². The number of carbonyl (C=O) groups excluding carboxylic acids is 1. The number of aromatic hydroxyl groups is 1. The molecule has 1 amide bonds. The van der Waals surface area contributed by atoms with Crippen LogP contribution in [0.2, 0.25) is 0 Å². The molecule has 3 N–H and O–H groups in total. The molecule has 2 aromatic rings. The number of H-pyrrole nitrogens is 1. The average Bonchev–Trinajstić information content (AvgIpc) is 2.31. The summed E-state index contributed by atoms with van der Waals surface area (Å²) in [6.07, 6.45) is 1.62. The molecule has 0 atom stereocenters. The zero-order valence-electron chi connectivity index (χ0n) is 9.60. The van der Waals surface area contributed by atoms with Crippen LogP contribution in [0.4, 0.5) is 5.82 Å². The molecular weight excluding hydrogens is 234 g/mol. The number of amides is 1. The summed E-state index contributed by atoms with van der Waals surface area (Å²) in [5, 5.41) is 11.7. The largest absolute Gasteiger partial charge is 0.494 e. The van der Waals surface area contributed by atoms with Crippen LogP contribution in [-0.2, 0) is 0 Å². The average molecular weight is 245 g/mol. The van der Waals surface area contributed by atoms with Crippen LogP contribution in [0.3, 0.4) is 0 Å². The fraction of sp³-hybridized carbons (Fsp3) is 0.0833. The van der Waals surface area contributed by atoms with E-state index in [1.54, 1.807) is 18.3 Å². The third-order valence-corrected chi connectivity index (χ3v) is 2.25. The van der Waals surface area contributed by atoms with E-state index in [2.05, 4.69) is 15.3 Å². The second kappa shape index (κ2) is 4.70. The van der Waals surface area contributed by atoms with Crippen LogP contribution in [0.15, 0.2) is 35.3 Å². The number of nitrogens with one attached hydrogen (secondary N) is 2. The number of aromatic amines is 1. The molecule has 2 rings (SSSR count). The van der Waals surface area contributed by atoms with Gasteiger partial charge in [0.2, 0.25) is 0 Å². The summed E-state index contributed by atoms with van der Waals surface area (Å²) in [5.41, 5.74) is 0.498. The third-order valence-electron chi connectivity index (χ3n) is 2.25. The molecule has 6 nitrogen and oxygen atoms in total. The molecule has 0 aromatic carbocycles. The summed E-state index contributed by atoms with van der Waals surface area (Å²) >= 11 is 0. The summed E-state index contributed by atoms with van der Waals surface area (Å²) in [6.45, 7) is 1.88. The Kier molecular flexibility index (Phi) is 3.09. The van der Waals surface area contributed by atoms with Crippen molar-refractivity contribution in [1.29, 1.82) is 0 Å². The smallest absolute Gasteiger partial charge is 0.257 e. The van der Waals surface area contributed by atoms with Crippen molar-refractivity contribution in [2.24, 2.45) is 0 Å². The molecule has 92 valence electrons. The van der Waals surface area contributed by atoms with Crippen molar-refractivity contribution in [3.05, 3.63) is 51.9 Å². The molecule has 0 aliphatic carbocycles. The lowest BCUT2D eigenvalue weighted by Gasteiger charge is -2.04. The van der Waals surface area contributed by atoms with Crippen LogP contribution in [-0.4, -0.2) is 21.0 Å². The zero-order valence-corrected chi connectivity index (χ0v) is 9.60. The number of carbonyl (C=O) groups is 1. The molecule has 0 unspecified atom stereocenters. The van der Waals surface area contributed by atoms with Gasteiger partial charge in [0, 0.05) is 18.3 Å². The summed E-state index contributed by atoms with van der Waals surface area (Å²) in [7, 11) is 0. The Bertz CT molecular complexity index is 632. The lowest BCUT2D eigenvalue weighted by Crippen LogP contribution is -2.16. The van der Waals surface area contributed by atoms with E-state index in [1.807, 2.05) is 6.92 Å². The van der Waals surface area contributed by atoms with E-state index in [9.17, 15) is 14.7 Å². The first-order valence-electron chi connectivity index (χ1n) is 5.22. The molecule has 0 saturated heterocycles. The van der Waals surface area contributed by atoms with Crippen molar-refractivity contribution in [2.45, 2.75) is 6.92 Å². The van der Waals surface area contributed by atoms with Crippen LogP contribution in [0.25, 0.3) is 0 Å². The van der Waals surface area contributed by atoms with Gasteiger partial charge in [0.25, 0.3) is 11.5 Å². The molecular formula is C12H11N3O3. The first-order chi connectivity index (χ1) is 8.54. The molecule has 18 heavy (non-hydrogen) atoms. The molecule has 0 radical (unpaired) electrons. The van der Waals surface area contributed by atoms with Gasteiger partial charge in [0.1, 0.15) is 5.82 Å². The second-order valence-electron chi connectivity index (χ2n) is 3.79. The van der Waals surface area contributed by atoms with Gasteiger partial charge in [-0.1, -0.05) is 6.07 Å². The highest BCUT2D eigenvalue weighted by molar-refractivity contribution is 6.03. The van der Waals surface area contributed by atoms with E-state index in [-0.39, 0.29) is 11.4 Å². The maximum Gasteiger partial charge on any atom is 0.257 e. The number of aromatic nitrogens is 2. The van der Waals surface area contributed by atoms with Crippen LogP contribution >= 0.6 is 0 Å². The van der Waals surface area contributed by atoms with Crippen LogP contribution < -0.4 is 10.9 Å². The number of hydrogen-bond acceptors (Lipinski definition) is 4. The second-order valence-corrected chi connectivity index (χ2v) is 3.79. The molecule has 0 aliphatic heterocycles. The third kappa shape index (κ3) is 2.73. The predicted octanol–water partition coefficient (Wildman–Crippen LogP) is 1.04. The first kappa shape index (κ1) is 11.8. The van der Waals surface area contributed by atoms with Gasteiger partial charge in [0.05, 0.1) is 5.56 Å². The maximum atomic E-state index is 11.8. The Morgan fingerprint density at radius 3 is 2.78 bits per heavy atom. The Morgan fingerprint density at radius 2 is 2.17 bits per heavy atom. The Labute approximate surface area is 102 Å². The molecule has 2 aromatic heterocycles. The van der Waals surface area contributed by atoms with Gasteiger partial charge in [-0.05, 0) is 18.6 Å². The monoisotopic (exact) mass is 245 g/mol. The van der Waals surface area contributed by atoms with Crippen LogP contribution in [0, 0.1) is 6.92 Å². The Hall–Kier alpha value is -2.63. The minimum atomic E-state index is -0.544.